The van der Waals surface area contributed by atoms with E-state index in [0.717, 1.165) is 64.7 Å². The number of nitrogens with zero attached hydrogens (tertiary/aromatic N) is 1. The summed E-state index contributed by atoms with van der Waals surface area (Å²) >= 11 is 0. The molecule has 2 N–H and O–H groups in total. The highest BCUT2D eigenvalue weighted by molar-refractivity contribution is 5.88. The monoisotopic (exact) mass is 480 g/mol. The van der Waals surface area contributed by atoms with Crippen LogP contribution in [0, 0.1) is 12.3 Å². The average molecular weight is 481 g/mol. The van der Waals surface area contributed by atoms with E-state index < -0.39 is 11.9 Å². The van der Waals surface area contributed by atoms with E-state index in [-0.39, 0.29) is 29.4 Å². The highest BCUT2D eigenvalue weighted by Gasteiger charge is 2.62. The highest BCUT2D eigenvalue weighted by atomic mass is 19.3. The Labute approximate surface area is 203 Å². The van der Waals surface area contributed by atoms with Crippen LogP contribution in [0.5, 0.6) is 5.75 Å². The summed E-state index contributed by atoms with van der Waals surface area (Å²) in [4.78, 5) is 17.4. The molecule has 1 unspecified atom stereocenters. The van der Waals surface area contributed by atoms with Crippen LogP contribution >= 0.6 is 0 Å². The van der Waals surface area contributed by atoms with Gasteiger partial charge in [-0.1, -0.05) is 6.07 Å². The molecule has 6 rings (SSSR count). The van der Waals surface area contributed by atoms with E-state index >= 15 is 0 Å². The van der Waals surface area contributed by atoms with Gasteiger partial charge in [0.1, 0.15) is 5.75 Å². The quantitative estimate of drug-likeness (QED) is 0.478. The van der Waals surface area contributed by atoms with Crippen molar-refractivity contribution in [3.63, 3.8) is 0 Å². The third-order valence-electron chi connectivity index (χ3n) is 8.79. The highest BCUT2D eigenvalue weighted by Crippen LogP contribution is 2.64. The minimum Gasteiger partial charge on any atom is -0.496 e. The fourth-order valence-corrected chi connectivity index (χ4v) is 7.33. The molecule has 0 radical (unpaired) electrons. The summed E-state index contributed by atoms with van der Waals surface area (Å²) in [5.41, 5.74) is 4.96. The number of hydrogen-bond acceptors (Lipinski definition) is 3. The van der Waals surface area contributed by atoms with Crippen molar-refractivity contribution in [1.82, 2.24) is 9.88 Å². The molecule has 1 saturated heterocycles. The SMILES string of the molecule is COc1cc(C)c2[nH]ccc2c1CN1CCC2(CC(F)(F)C2)CC12CCc1cc(C(=O)O)ccc12. The summed E-state index contributed by atoms with van der Waals surface area (Å²) in [6.07, 6.45) is 4.84. The molecular formula is C28H30F2N2O3. The van der Waals surface area contributed by atoms with E-state index in [0.29, 0.717) is 13.0 Å². The van der Waals surface area contributed by atoms with Gasteiger partial charge in [0, 0.05) is 47.6 Å². The number of ether oxygens (including phenoxy) is 1. The van der Waals surface area contributed by atoms with Crippen LogP contribution in [0.2, 0.25) is 0 Å². The first-order valence-corrected chi connectivity index (χ1v) is 12.3. The molecule has 2 heterocycles. The number of halogens is 2. The number of aromatic amines is 1. The number of hydrogen-bond donors (Lipinski definition) is 2. The Hall–Kier alpha value is -2.93. The maximum Gasteiger partial charge on any atom is 0.335 e. The van der Waals surface area contributed by atoms with Crippen molar-refractivity contribution < 1.29 is 23.4 Å². The molecule has 3 aromatic rings. The van der Waals surface area contributed by atoms with Crippen LogP contribution in [0.1, 0.15) is 64.7 Å². The minimum atomic E-state index is -2.57. The van der Waals surface area contributed by atoms with Gasteiger partial charge < -0.3 is 14.8 Å². The van der Waals surface area contributed by atoms with Crippen molar-refractivity contribution in [3.8, 4) is 5.75 Å². The van der Waals surface area contributed by atoms with Crippen molar-refractivity contribution >= 4 is 16.9 Å². The van der Waals surface area contributed by atoms with E-state index in [2.05, 4.69) is 28.9 Å². The molecule has 1 aromatic heterocycles. The number of benzene rings is 2. The molecule has 0 bridgehead atoms. The first-order chi connectivity index (χ1) is 16.7. The molecule has 1 aliphatic heterocycles. The molecule has 2 aromatic carbocycles. The Morgan fingerprint density at radius 1 is 1.17 bits per heavy atom. The third kappa shape index (κ3) is 3.39. The number of aryl methyl sites for hydroxylation is 2. The fourth-order valence-electron chi connectivity index (χ4n) is 7.33. The van der Waals surface area contributed by atoms with Crippen molar-refractivity contribution in [2.45, 2.75) is 63.5 Å². The lowest BCUT2D eigenvalue weighted by molar-refractivity contribution is -0.200. The van der Waals surface area contributed by atoms with Gasteiger partial charge in [0.25, 0.3) is 0 Å². The Kier molecular flexibility index (Phi) is 4.85. The number of piperidine rings is 1. The number of aromatic nitrogens is 1. The molecular weight excluding hydrogens is 450 g/mol. The van der Waals surface area contributed by atoms with Gasteiger partial charge in [-0.05, 0) is 85.5 Å². The van der Waals surface area contributed by atoms with Crippen molar-refractivity contribution in [2.24, 2.45) is 5.41 Å². The van der Waals surface area contributed by atoms with Gasteiger partial charge in [0.15, 0.2) is 0 Å². The van der Waals surface area contributed by atoms with Crippen LogP contribution in [-0.2, 0) is 18.5 Å². The van der Waals surface area contributed by atoms with Gasteiger partial charge in [-0.15, -0.1) is 0 Å². The number of nitrogens with one attached hydrogen (secondary N) is 1. The summed E-state index contributed by atoms with van der Waals surface area (Å²) in [5.74, 6) is -2.68. The van der Waals surface area contributed by atoms with Gasteiger partial charge in [0.2, 0.25) is 5.92 Å². The molecule has 35 heavy (non-hydrogen) atoms. The number of methoxy groups -OCH3 is 1. The van der Waals surface area contributed by atoms with Crippen LogP contribution in [0.3, 0.4) is 0 Å². The molecule has 3 aliphatic rings. The Morgan fingerprint density at radius 2 is 1.97 bits per heavy atom. The van der Waals surface area contributed by atoms with Crippen LogP contribution < -0.4 is 4.74 Å². The second-order valence-corrected chi connectivity index (χ2v) is 10.9. The lowest BCUT2D eigenvalue weighted by Crippen LogP contribution is -2.59. The molecule has 184 valence electrons. The van der Waals surface area contributed by atoms with Crippen molar-refractivity contribution in [2.75, 3.05) is 13.7 Å². The molecule has 1 saturated carbocycles. The van der Waals surface area contributed by atoms with E-state index in [1.807, 2.05) is 12.3 Å². The number of alkyl halides is 2. The Bertz CT molecular complexity index is 1340. The maximum absolute atomic E-state index is 14.1. The van der Waals surface area contributed by atoms with E-state index in [4.69, 9.17) is 4.74 Å². The van der Waals surface area contributed by atoms with Gasteiger partial charge in [-0.2, -0.15) is 0 Å². The number of carboxylic acid groups (broad SMARTS) is 1. The van der Waals surface area contributed by atoms with E-state index in [1.54, 1.807) is 19.2 Å². The number of aromatic carboxylic acids is 1. The first kappa shape index (κ1) is 22.5. The summed E-state index contributed by atoms with van der Waals surface area (Å²) in [5, 5.41) is 10.6. The van der Waals surface area contributed by atoms with Crippen molar-refractivity contribution in [3.05, 3.63) is 64.3 Å². The average Bonchev–Trinajstić information content (AvgIpc) is 3.42. The largest absolute Gasteiger partial charge is 0.496 e. The van der Waals surface area contributed by atoms with Crippen molar-refractivity contribution in [1.29, 1.82) is 0 Å². The van der Waals surface area contributed by atoms with Gasteiger partial charge in [-0.25, -0.2) is 13.6 Å². The van der Waals surface area contributed by atoms with Gasteiger partial charge >= 0.3 is 5.97 Å². The lowest BCUT2D eigenvalue weighted by atomic mass is 9.55. The number of H-pyrrole nitrogens is 1. The van der Waals surface area contributed by atoms with Crippen LogP contribution in [0.4, 0.5) is 8.78 Å². The zero-order valence-corrected chi connectivity index (χ0v) is 20.1. The lowest BCUT2D eigenvalue weighted by Gasteiger charge is -2.59. The minimum absolute atomic E-state index is 0.0476. The standard InChI is InChI=1S/C28H30F2N2O3/c1-17-11-23(35-2)21(20-6-9-31-24(17)20)13-32-10-8-26(15-28(29,30)16-26)14-27(32)7-5-18-12-19(25(33)34)3-4-22(18)27/h3-4,6,9,11-12,31H,5,7-8,10,13-16H2,1-2H3,(H,33,34). The zero-order chi connectivity index (χ0) is 24.6. The second-order valence-electron chi connectivity index (χ2n) is 10.9. The molecule has 2 fully saturated rings. The molecule has 5 nitrogen and oxygen atoms in total. The molecule has 1 atom stereocenters. The van der Waals surface area contributed by atoms with E-state index in [9.17, 15) is 18.7 Å². The Morgan fingerprint density at radius 3 is 2.69 bits per heavy atom. The summed E-state index contributed by atoms with van der Waals surface area (Å²) in [6, 6.07) is 9.51. The maximum atomic E-state index is 14.1. The van der Waals surface area contributed by atoms with E-state index in [1.165, 1.54) is 0 Å². The van der Waals surface area contributed by atoms with Gasteiger partial charge in [-0.3, -0.25) is 4.90 Å². The zero-order valence-electron chi connectivity index (χ0n) is 20.1. The summed E-state index contributed by atoms with van der Waals surface area (Å²) in [6.45, 7) is 3.42. The summed E-state index contributed by atoms with van der Waals surface area (Å²) < 4.78 is 34.0. The number of likely N-dealkylation sites (tertiary alicyclic amines) is 1. The molecule has 2 spiro atoms. The first-order valence-electron chi connectivity index (χ1n) is 12.3. The smallest absolute Gasteiger partial charge is 0.335 e. The predicted octanol–water partition coefficient (Wildman–Crippen LogP) is 6.04. The number of carbonyl (C=O) groups is 1. The fraction of sp³-hybridized carbons (Fsp3) is 0.464. The molecule has 0 amide bonds. The number of fused-ring (bicyclic) bond motifs is 3. The van der Waals surface area contributed by atoms with Gasteiger partial charge in [0.05, 0.1) is 12.7 Å². The third-order valence-corrected chi connectivity index (χ3v) is 8.79. The Balaban J connectivity index is 1.45. The van der Waals surface area contributed by atoms with Crippen LogP contribution in [-0.4, -0.2) is 40.5 Å². The van der Waals surface area contributed by atoms with Crippen LogP contribution in [0.15, 0.2) is 36.5 Å². The normalized spacial score (nSPS) is 24.6. The molecule has 2 aliphatic carbocycles. The molecule has 7 heteroatoms. The predicted molar refractivity (Wildman–Crippen MR) is 129 cm³/mol. The second kappa shape index (κ2) is 7.53. The number of rotatable bonds is 4. The number of carboxylic acids is 1. The van der Waals surface area contributed by atoms with Crippen LogP contribution in [0.25, 0.3) is 10.9 Å². The summed E-state index contributed by atoms with van der Waals surface area (Å²) in [7, 11) is 1.69. The topological polar surface area (TPSA) is 65.6 Å².